The van der Waals surface area contributed by atoms with Crippen molar-refractivity contribution >= 4 is 23.4 Å². The fraction of sp³-hybridized carbons (Fsp3) is 0.278. The van der Waals surface area contributed by atoms with E-state index in [1.807, 2.05) is 48.7 Å². The second-order valence-corrected chi connectivity index (χ2v) is 5.85. The molecule has 0 spiro atoms. The third-order valence-corrected chi connectivity index (χ3v) is 4.21. The van der Waals surface area contributed by atoms with Crippen LogP contribution < -0.4 is 14.8 Å². The number of hydrogen-bond acceptors (Lipinski definition) is 4. The van der Waals surface area contributed by atoms with Crippen molar-refractivity contribution in [1.29, 1.82) is 0 Å². The Morgan fingerprint density at radius 1 is 1.04 bits per heavy atom. The molecule has 0 atom stereocenters. The highest BCUT2D eigenvalue weighted by Gasteiger charge is 2.07. The van der Waals surface area contributed by atoms with Crippen molar-refractivity contribution in [2.45, 2.75) is 17.7 Å². The van der Waals surface area contributed by atoms with E-state index in [4.69, 9.17) is 9.47 Å². The van der Waals surface area contributed by atoms with Gasteiger partial charge in [-0.2, -0.15) is 0 Å². The zero-order valence-corrected chi connectivity index (χ0v) is 14.4. The first-order valence-corrected chi connectivity index (χ1v) is 8.53. The predicted molar refractivity (Wildman–Crippen MR) is 94.7 cm³/mol. The summed E-state index contributed by atoms with van der Waals surface area (Å²) in [5.41, 5.74) is 1.86. The van der Waals surface area contributed by atoms with Gasteiger partial charge in [0.1, 0.15) is 0 Å². The summed E-state index contributed by atoms with van der Waals surface area (Å²) in [6.07, 6.45) is 3.09. The molecular weight excluding hydrogens is 310 g/mol. The van der Waals surface area contributed by atoms with E-state index in [0.29, 0.717) is 24.3 Å². The highest BCUT2D eigenvalue weighted by atomic mass is 32.2. The maximum Gasteiger partial charge on any atom is 0.224 e. The molecular formula is C18H21NO3S. The van der Waals surface area contributed by atoms with E-state index in [2.05, 4.69) is 5.32 Å². The first-order chi connectivity index (χ1) is 11.2. The summed E-state index contributed by atoms with van der Waals surface area (Å²) in [6.45, 7) is 0. The van der Waals surface area contributed by atoms with Crippen LogP contribution in [0.15, 0.2) is 47.4 Å². The van der Waals surface area contributed by atoms with Crippen molar-refractivity contribution in [1.82, 2.24) is 0 Å². The van der Waals surface area contributed by atoms with Crippen molar-refractivity contribution in [3.8, 4) is 11.5 Å². The first-order valence-electron chi connectivity index (χ1n) is 7.31. The summed E-state index contributed by atoms with van der Waals surface area (Å²) in [5, 5.41) is 2.91. The van der Waals surface area contributed by atoms with Crippen molar-refractivity contribution < 1.29 is 14.3 Å². The SMILES string of the molecule is COc1ccc(CCC(=O)Nc2ccc(SC)cc2)cc1OC. The molecule has 0 fully saturated rings. The summed E-state index contributed by atoms with van der Waals surface area (Å²) in [7, 11) is 3.21. The third-order valence-electron chi connectivity index (χ3n) is 3.46. The Hall–Kier alpha value is -2.14. The summed E-state index contributed by atoms with van der Waals surface area (Å²) < 4.78 is 10.5. The summed E-state index contributed by atoms with van der Waals surface area (Å²) in [5.74, 6) is 1.37. The summed E-state index contributed by atoms with van der Waals surface area (Å²) in [6, 6.07) is 13.5. The van der Waals surface area contributed by atoms with Crippen LogP contribution in [-0.4, -0.2) is 26.4 Å². The lowest BCUT2D eigenvalue weighted by Gasteiger charge is -2.10. The molecule has 0 heterocycles. The van der Waals surface area contributed by atoms with Gasteiger partial charge in [-0.25, -0.2) is 0 Å². The van der Waals surface area contributed by atoms with Crippen LogP contribution in [0.3, 0.4) is 0 Å². The first kappa shape index (κ1) is 17.2. The van der Waals surface area contributed by atoms with Crippen molar-refractivity contribution in [3.05, 3.63) is 48.0 Å². The standard InChI is InChI=1S/C18H21NO3S/c1-21-16-10-4-13(12-17(16)22-2)5-11-18(20)19-14-6-8-15(23-3)9-7-14/h4,6-10,12H,5,11H2,1-3H3,(H,19,20). The maximum atomic E-state index is 12.0. The molecule has 122 valence electrons. The quantitative estimate of drug-likeness (QED) is 0.779. The molecule has 0 unspecified atom stereocenters. The highest BCUT2D eigenvalue weighted by Crippen LogP contribution is 2.28. The van der Waals surface area contributed by atoms with Gasteiger partial charge in [0, 0.05) is 17.0 Å². The third kappa shape index (κ3) is 4.93. The molecule has 0 radical (unpaired) electrons. The average Bonchev–Trinajstić information content (AvgIpc) is 2.60. The number of ether oxygens (including phenoxy) is 2. The molecule has 0 bridgehead atoms. The number of carbonyl (C=O) groups is 1. The zero-order chi connectivity index (χ0) is 16.7. The van der Waals surface area contributed by atoms with Gasteiger partial charge < -0.3 is 14.8 Å². The minimum atomic E-state index is -0.00307. The molecule has 23 heavy (non-hydrogen) atoms. The average molecular weight is 331 g/mol. The van der Waals surface area contributed by atoms with Gasteiger partial charge in [0.05, 0.1) is 14.2 Å². The molecule has 0 saturated heterocycles. The molecule has 2 rings (SSSR count). The van der Waals surface area contributed by atoms with E-state index in [9.17, 15) is 4.79 Å². The van der Waals surface area contributed by atoms with E-state index in [1.54, 1.807) is 26.0 Å². The lowest BCUT2D eigenvalue weighted by Crippen LogP contribution is -2.12. The maximum absolute atomic E-state index is 12.0. The van der Waals surface area contributed by atoms with Crippen LogP contribution in [0.2, 0.25) is 0 Å². The highest BCUT2D eigenvalue weighted by molar-refractivity contribution is 7.98. The Morgan fingerprint density at radius 3 is 2.35 bits per heavy atom. The molecule has 0 aliphatic rings. The zero-order valence-electron chi connectivity index (χ0n) is 13.6. The van der Waals surface area contributed by atoms with Crippen LogP contribution in [-0.2, 0) is 11.2 Å². The Balaban J connectivity index is 1.90. The summed E-state index contributed by atoms with van der Waals surface area (Å²) >= 11 is 1.68. The van der Waals surface area contributed by atoms with E-state index in [1.165, 1.54) is 4.90 Å². The van der Waals surface area contributed by atoms with Gasteiger partial charge in [-0.15, -0.1) is 11.8 Å². The van der Waals surface area contributed by atoms with Gasteiger partial charge in [-0.05, 0) is 54.6 Å². The van der Waals surface area contributed by atoms with E-state index < -0.39 is 0 Å². The second-order valence-electron chi connectivity index (χ2n) is 4.97. The lowest BCUT2D eigenvalue weighted by atomic mass is 10.1. The van der Waals surface area contributed by atoms with Crippen LogP contribution in [0.5, 0.6) is 11.5 Å². The fourth-order valence-corrected chi connectivity index (χ4v) is 2.60. The molecule has 1 amide bonds. The Kier molecular flexibility index (Phi) is 6.35. The number of rotatable bonds is 7. The largest absolute Gasteiger partial charge is 0.493 e. The predicted octanol–water partition coefficient (Wildman–Crippen LogP) is 4.00. The minimum Gasteiger partial charge on any atom is -0.493 e. The number of aryl methyl sites for hydroxylation is 1. The number of thioether (sulfide) groups is 1. The molecule has 2 aromatic rings. The van der Waals surface area contributed by atoms with Crippen LogP contribution in [0.25, 0.3) is 0 Å². The number of hydrogen-bond donors (Lipinski definition) is 1. The Morgan fingerprint density at radius 2 is 1.74 bits per heavy atom. The minimum absolute atomic E-state index is 0.00307. The molecule has 5 heteroatoms. The lowest BCUT2D eigenvalue weighted by molar-refractivity contribution is -0.116. The van der Waals surface area contributed by atoms with Gasteiger partial charge in [-0.3, -0.25) is 4.79 Å². The smallest absolute Gasteiger partial charge is 0.224 e. The van der Waals surface area contributed by atoms with Gasteiger partial charge in [0.2, 0.25) is 5.91 Å². The van der Waals surface area contributed by atoms with Crippen molar-refractivity contribution in [2.24, 2.45) is 0 Å². The van der Waals surface area contributed by atoms with E-state index >= 15 is 0 Å². The Bertz CT molecular complexity index is 656. The molecule has 1 N–H and O–H groups in total. The van der Waals surface area contributed by atoms with Crippen LogP contribution >= 0.6 is 11.8 Å². The van der Waals surface area contributed by atoms with Gasteiger partial charge in [0.15, 0.2) is 11.5 Å². The monoisotopic (exact) mass is 331 g/mol. The van der Waals surface area contributed by atoms with Crippen LogP contribution in [0, 0.1) is 0 Å². The number of methoxy groups -OCH3 is 2. The van der Waals surface area contributed by atoms with Gasteiger partial charge >= 0.3 is 0 Å². The summed E-state index contributed by atoms with van der Waals surface area (Å²) in [4.78, 5) is 13.2. The number of amides is 1. The number of nitrogens with one attached hydrogen (secondary N) is 1. The molecule has 0 aliphatic heterocycles. The molecule has 0 saturated carbocycles. The van der Waals surface area contributed by atoms with E-state index in [-0.39, 0.29) is 5.91 Å². The van der Waals surface area contributed by atoms with Crippen LogP contribution in [0.4, 0.5) is 5.69 Å². The van der Waals surface area contributed by atoms with Gasteiger partial charge in [0.25, 0.3) is 0 Å². The van der Waals surface area contributed by atoms with Crippen molar-refractivity contribution in [2.75, 3.05) is 25.8 Å². The van der Waals surface area contributed by atoms with E-state index in [0.717, 1.165) is 11.3 Å². The molecule has 2 aromatic carbocycles. The number of carbonyl (C=O) groups excluding carboxylic acids is 1. The fourth-order valence-electron chi connectivity index (χ4n) is 2.19. The number of benzene rings is 2. The molecule has 0 aromatic heterocycles. The molecule has 0 aliphatic carbocycles. The second kappa shape index (κ2) is 8.48. The van der Waals surface area contributed by atoms with Gasteiger partial charge in [-0.1, -0.05) is 6.07 Å². The number of anilines is 1. The Labute approximate surface area is 141 Å². The molecule has 4 nitrogen and oxygen atoms in total. The van der Waals surface area contributed by atoms with Crippen LogP contribution in [0.1, 0.15) is 12.0 Å². The topological polar surface area (TPSA) is 47.6 Å². The normalized spacial score (nSPS) is 10.2. The van der Waals surface area contributed by atoms with Crippen molar-refractivity contribution in [3.63, 3.8) is 0 Å².